The van der Waals surface area contributed by atoms with Crippen molar-refractivity contribution in [3.63, 3.8) is 0 Å². The third-order valence-electron chi connectivity index (χ3n) is 3.08. The first-order chi connectivity index (χ1) is 7.43. The molecule has 1 aliphatic rings. The van der Waals surface area contributed by atoms with Gasteiger partial charge in [-0.25, -0.2) is 0 Å². The molecule has 0 aromatic heterocycles. The highest BCUT2D eigenvalue weighted by molar-refractivity contribution is 5.82. The Morgan fingerprint density at radius 3 is 2.50 bits per heavy atom. The first kappa shape index (κ1) is 13.5. The van der Waals surface area contributed by atoms with Crippen LogP contribution in [0.3, 0.4) is 0 Å². The number of rotatable bonds is 4. The first-order valence-electron chi connectivity index (χ1n) is 6.08. The highest BCUT2D eigenvalue weighted by Crippen LogP contribution is 2.20. The minimum atomic E-state index is -0.389. The molecular formula is C12H24N2O2. The van der Waals surface area contributed by atoms with Gasteiger partial charge in [-0.05, 0) is 32.1 Å². The maximum Gasteiger partial charge on any atom is 0.237 e. The SMILES string of the molecule is CC(C)C[C@@H](N)C(=O)NC1(C)CCOCC1. The number of hydrogen-bond donors (Lipinski definition) is 2. The monoisotopic (exact) mass is 228 g/mol. The van der Waals surface area contributed by atoms with Crippen molar-refractivity contribution in [2.24, 2.45) is 11.7 Å². The molecule has 1 rings (SSSR count). The number of carbonyl (C=O) groups is 1. The van der Waals surface area contributed by atoms with Crippen molar-refractivity contribution in [3.8, 4) is 0 Å². The van der Waals surface area contributed by atoms with Gasteiger partial charge in [0.15, 0.2) is 0 Å². The van der Waals surface area contributed by atoms with E-state index in [0.29, 0.717) is 5.92 Å². The van der Waals surface area contributed by atoms with E-state index >= 15 is 0 Å². The summed E-state index contributed by atoms with van der Waals surface area (Å²) in [4.78, 5) is 11.9. The van der Waals surface area contributed by atoms with Crippen LogP contribution in [0.15, 0.2) is 0 Å². The van der Waals surface area contributed by atoms with Gasteiger partial charge >= 0.3 is 0 Å². The lowest BCUT2D eigenvalue weighted by atomic mass is 9.91. The molecule has 0 aromatic carbocycles. The second kappa shape index (κ2) is 5.64. The van der Waals surface area contributed by atoms with E-state index in [-0.39, 0.29) is 17.5 Å². The first-order valence-corrected chi connectivity index (χ1v) is 6.08. The Morgan fingerprint density at radius 2 is 2.00 bits per heavy atom. The molecule has 0 radical (unpaired) electrons. The minimum Gasteiger partial charge on any atom is -0.381 e. The minimum absolute atomic E-state index is 0.0295. The zero-order valence-electron chi connectivity index (χ0n) is 10.6. The van der Waals surface area contributed by atoms with E-state index < -0.39 is 0 Å². The Bertz CT molecular complexity index is 235. The molecule has 1 amide bonds. The molecule has 0 bridgehead atoms. The summed E-state index contributed by atoms with van der Waals surface area (Å²) in [6, 6.07) is -0.389. The van der Waals surface area contributed by atoms with E-state index in [1.54, 1.807) is 0 Å². The van der Waals surface area contributed by atoms with E-state index in [4.69, 9.17) is 10.5 Å². The maximum atomic E-state index is 11.9. The third kappa shape index (κ3) is 4.10. The molecule has 0 spiro atoms. The van der Waals surface area contributed by atoms with Crippen LogP contribution in [-0.4, -0.2) is 30.7 Å². The molecule has 16 heavy (non-hydrogen) atoms. The molecule has 94 valence electrons. The number of hydrogen-bond acceptors (Lipinski definition) is 3. The molecule has 0 unspecified atom stereocenters. The summed E-state index contributed by atoms with van der Waals surface area (Å²) in [5.41, 5.74) is 5.72. The molecule has 1 saturated heterocycles. The van der Waals surface area contributed by atoms with Crippen molar-refractivity contribution in [3.05, 3.63) is 0 Å². The zero-order valence-corrected chi connectivity index (χ0v) is 10.6. The number of carbonyl (C=O) groups excluding carboxylic acids is 1. The highest BCUT2D eigenvalue weighted by Gasteiger charge is 2.30. The van der Waals surface area contributed by atoms with Crippen molar-refractivity contribution < 1.29 is 9.53 Å². The smallest absolute Gasteiger partial charge is 0.237 e. The fourth-order valence-electron chi connectivity index (χ4n) is 1.95. The Labute approximate surface area is 97.9 Å². The molecule has 0 saturated carbocycles. The number of ether oxygens (including phenoxy) is 1. The normalized spacial score (nSPS) is 21.8. The topological polar surface area (TPSA) is 64.4 Å². The summed E-state index contributed by atoms with van der Waals surface area (Å²) < 4.78 is 5.29. The summed E-state index contributed by atoms with van der Waals surface area (Å²) >= 11 is 0. The maximum absolute atomic E-state index is 11.9. The van der Waals surface area contributed by atoms with Crippen LogP contribution in [0.25, 0.3) is 0 Å². The third-order valence-corrected chi connectivity index (χ3v) is 3.08. The second-order valence-electron chi connectivity index (χ2n) is 5.40. The van der Waals surface area contributed by atoms with Crippen LogP contribution in [0.4, 0.5) is 0 Å². The lowest BCUT2D eigenvalue weighted by molar-refractivity contribution is -0.125. The summed E-state index contributed by atoms with van der Waals surface area (Å²) in [5, 5.41) is 3.06. The molecule has 1 aliphatic heterocycles. The summed E-state index contributed by atoms with van der Waals surface area (Å²) in [6.45, 7) is 7.65. The van der Waals surface area contributed by atoms with Gasteiger partial charge in [0.05, 0.1) is 6.04 Å². The predicted octanol–water partition coefficient (Wildman–Crippen LogP) is 1.05. The van der Waals surface area contributed by atoms with Gasteiger partial charge in [0.1, 0.15) is 0 Å². The lowest BCUT2D eigenvalue weighted by Crippen LogP contribution is -2.54. The number of amides is 1. The van der Waals surface area contributed by atoms with Crippen molar-refractivity contribution >= 4 is 5.91 Å². The molecule has 1 fully saturated rings. The molecule has 1 heterocycles. The van der Waals surface area contributed by atoms with Gasteiger partial charge in [0.2, 0.25) is 5.91 Å². The van der Waals surface area contributed by atoms with Gasteiger partial charge in [0.25, 0.3) is 0 Å². The standard InChI is InChI=1S/C12H24N2O2/c1-9(2)8-10(13)11(15)14-12(3)4-6-16-7-5-12/h9-10H,4-8,13H2,1-3H3,(H,14,15)/t10-/m1/s1. The molecule has 0 aromatic rings. The summed E-state index contributed by atoms with van der Waals surface area (Å²) in [6.07, 6.45) is 2.47. The van der Waals surface area contributed by atoms with Gasteiger partial charge in [-0.2, -0.15) is 0 Å². The Balaban J connectivity index is 2.43. The number of nitrogens with two attached hydrogens (primary N) is 1. The second-order valence-corrected chi connectivity index (χ2v) is 5.40. The van der Waals surface area contributed by atoms with Crippen molar-refractivity contribution in [2.45, 2.75) is 51.6 Å². The zero-order chi connectivity index (χ0) is 12.2. The van der Waals surface area contributed by atoms with Crippen LogP contribution in [0, 0.1) is 5.92 Å². The number of nitrogens with one attached hydrogen (secondary N) is 1. The molecule has 3 N–H and O–H groups in total. The molecule has 0 aliphatic carbocycles. The molecule has 4 nitrogen and oxygen atoms in total. The van der Waals surface area contributed by atoms with Gasteiger partial charge < -0.3 is 15.8 Å². The fourth-order valence-corrected chi connectivity index (χ4v) is 1.95. The Morgan fingerprint density at radius 1 is 1.44 bits per heavy atom. The van der Waals surface area contributed by atoms with Crippen LogP contribution >= 0.6 is 0 Å². The van der Waals surface area contributed by atoms with Crippen LogP contribution in [0.2, 0.25) is 0 Å². The van der Waals surface area contributed by atoms with Crippen molar-refractivity contribution in [2.75, 3.05) is 13.2 Å². The van der Waals surface area contributed by atoms with Crippen molar-refractivity contribution in [1.29, 1.82) is 0 Å². The average molecular weight is 228 g/mol. The average Bonchev–Trinajstić information content (AvgIpc) is 2.16. The molecule has 1 atom stereocenters. The van der Waals surface area contributed by atoms with E-state index in [1.165, 1.54) is 0 Å². The lowest BCUT2D eigenvalue weighted by Gasteiger charge is -2.35. The molecule has 4 heteroatoms. The fraction of sp³-hybridized carbons (Fsp3) is 0.917. The van der Waals surface area contributed by atoms with E-state index in [0.717, 1.165) is 32.5 Å². The largest absolute Gasteiger partial charge is 0.381 e. The van der Waals surface area contributed by atoms with E-state index in [1.807, 2.05) is 0 Å². The quantitative estimate of drug-likeness (QED) is 0.756. The van der Waals surface area contributed by atoms with Crippen LogP contribution in [-0.2, 0) is 9.53 Å². The van der Waals surface area contributed by atoms with Gasteiger partial charge in [-0.3, -0.25) is 4.79 Å². The summed E-state index contributed by atoms with van der Waals surface area (Å²) in [7, 11) is 0. The van der Waals surface area contributed by atoms with Gasteiger partial charge in [0, 0.05) is 18.8 Å². The van der Waals surface area contributed by atoms with E-state index in [9.17, 15) is 4.79 Å². The Kier molecular flexibility index (Phi) is 4.74. The highest BCUT2D eigenvalue weighted by atomic mass is 16.5. The predicted molar refractivity (Wildman–Crippen MR) is 64.0 cm³/mol. The van der Waals surface area contributed by atoms with Crippen molar-refractivity contribution in [1.82, 2.24) is 5.32 Å². The van der Waals surface area contributed by atoms with E-state index in [2.05, 4.69) is 26.1 Å². The molecular weight excluding hydrogens is 204 g/mol. The Hall–Kier alpha value is -0.610. The van der Waals surface area contributed by atoms with Gasteiger partial charge in [-0.1, -0.05) is 13.8 Å². The van der Waals surface area contributed by atoms with Gasteiger partial charge in [-0.15, -0.1) is 0 Å². The summed E-state index contributed by atoms with van der Waals surface area (Å²) in [5.74, 6) is 0.418. The van der Waals surface area contributed by atoms with Crippen LogP contribution in [0.5, 0.6) is 0 Å². The van der Waals surface area contributed by atoms with Crippen LogP contribution in [0.1, 0.15) is 40.0 Å². The van der Waals surface area contributed by atoms with Crippen LogP contribution < -0.4 is 11.1 Å².